The number of nitro groups is 1. The molecule has 0 radical (unpaired) electrons. The Morgan fingerprint density at radius 1 is 1.55 bits per heavy atom. The first-order valence-electron chi connectivity index (χ1n) is 6.09. The van der Waals surface area contributed by atoms with E-state index in [0.717, 1.165) is 23.5 Å². The molecule has 108 valence electrons. The van der Waals surface area contributed by atoms with Gasteiger partial charge in [0.2, 0.25) is 0 Å². The zero-order chi connectivity index (χ0) is 14.8. The predicted octanol–water partition coefficient (Wildman–Crippen LogP) is 3.68. The van der Waals surface area contributed by atoms with Gasteiger partial charge in [-0.05, 0) is 24.3 Å². The summed E-state index contributed by atoms with van der Waals surface area (Å²) in [7, 11) is 1.39. The second kappa shape index (κ2) is 6.01. The number of nitrogens with zero attached hydrogens (tertiary/aromatic N) is 1. The number of thioether (sulfide) groups is 1. The van der Waals surface area contributed by atoms with Gasteiger partial charge in [-0.2, -0.15) is 0 Å². The van der Waals surface area contributed by atoms with Crippen LogP contribution < -0.4 is 0 Å². The highest BCUT2D eigenvalue weighted by Crippen LogP contribution is 2.52. The Labute approximate surface area is 125 Å². The number of hydrogen-bond donors (Lipinski definition) is 0. The standard InChI is InChI=1S/C13H14ClNO4S/c1-19-12(16)7-13(4-5-13)8-20-11-3-2-9(15(17)18)6-10(11)14/h2-3,6H,4-5,7-8H2,1H3. The number of benzene rings is 1. The van der Waals surface area contributed by atoms with E-state index < -0.39 is 4.92 Å². The summed E-state index contributed by atoms with van der Waals surface area (Å²) in [6, 6.07) is 4.44. The largest absolute Gasteiger partial charge is 0.469 e. The highest BCUT2D eigenvalue weighted by Gasteiger charge is 2.44. The minimum atomic E-state index is -0.472. The highest BCUT2D eigenvalue weighted by molar-refractivity contribution is 7.99. The van der Waals surface area contributed by atoms with E-state index in [1.54, 1.807) is 6.07 Å². The van der Waals surface area contributed by atoms with Crippen molar-refractivity contribution in [3.05, 3.63) is 33.3 Å². The third-order valence-electron chi connectivity index (χ3n) is 3.36. The Bertz CT molecular complexity index is 545. The van der Waals surface area contributed by atoms with Crippen LogP contribution in [0.3, 0.4) is 0 Å². The number of halogens is 1. The molecule has 0 heterocycles. The number of ether oxygens (including phenoxy) is 1. The van der Waals surface area contributed by atoms with Gasteiger partial charge in [0.25, 0.3) is 5.69 Å². The van der Waals surface area contributed by atoms with Gasteiger partial charge >= 0.3 is 5.97 Å². The van der Waals surface area contributed by atoms with Gasteiger partial charge in [-0.3, -0.25) is 14.9 Å². The maximum atomic E-state index is 11.3. The average Bonchev–Trinajstić information content (AvgIpc) is 3.17. The number of hydrogen-bond acceptors (Lipinski definition) is 5. The van der Waals surface area contributed by atoms with Crippen LogP contribution >= 0.6 is 23.4 Å². The summed E-state index contributed by atoms with van der Waals surface area (Å²) in [6.07, 6.45) is 2.42. The summed E-state index contributed by atoms with van der Waals surface area (Å²) in [5.41, 5.74) is -0.0156. The van der Waals surface area contributed by atoms with Crippen LogP contribution in [0.25, 0.3) is 0 Å². The molecule has 1 aliphatic carbocycles. The van der Waals surface area contributed by atoms with Gasteiger partial charge < -0.3 is 4.74 Å². The van der Waals surface area contributed by atoms with Crippen LogP contribution in [0.1, 0.15) is 19.3 Å². The summed E-state index contributed by atoms with van der Waals surface area (Å²) in [5.74, 6) is 0.567. The molecule has 0 saturated heterocycles. The molecule has 0 atom stereocenters. The molecule has 1 aliphatic rings. The monoisotopic (exact) mass is 315 g/mol. The molecule has 20 heavy (non-hydrogen) atoms. The van der Waals surface area contributed by atoms with E-state index in [2.05, 4.69) is 0 Å². The first-order chi connectivity index (χ1) is 9.46. The van der Waals surface area contributed by atoms with Crippen molar-refractivity contribution in [2.75, 3.05) is 12.9 Å². The van der Waals surface area contributed by atoms with Crippen LogP contribution in [0, 0.1) is 15.5 Å². The molecule has 1 fully saturated rings. The van der Waals surface area contributed by atoms with E-state index in [1.807, 2.05) is 0 Å². The molecule has 0 aliphatic heterocycles. The van der Waals surface area contributed by atoms with Crippen molar-refractivity contribution in [3.63, 3.8) is 0 Å². The molecule has 1 aromatic carbocycles. The van der Waals surface area contributed by atoms with E-state index >= 15 is 0 Å². The quantitative estimate of drug-likeness (QED) is 0.346. The Kier molecular flexibility index (Phi) is 4.55. The summed E-state index contributed by atoms with van der Waals surface area (Å²) in [5, 5.41) is 11.0. The smallest absolute Gasteiger partial charge is 0.306 e. The van der Waals surface area contributed by atoms with Crippen LogP contribution in [0.15, 0.2) is 23.1 Å². The van der Waals surface area contributed by atoms with Crippen molar-refractivity contribution in [1.82, 2.24) is 0 Å². The minimum absolute atomic E-state index is 0.00284. The van der Waals surface area contributed by atoms with Gasteiger partial charge in [-0.25, -0.2) is 0 Å². The van der Waals surface area contributed by atoms with Crippen molar-refractivity contribution in [2.24, 2.45) is 5.41 Å². The van der Waals surface area contributed by atoms with E-state index in [0.29, 0.717) is 11.4 Å². The fourth-order valence-electron chi connectivity index (χ4n) is 1.88. The van der Waals surface area contributed by atoms with Crippen molar-refractivity contribution in [3.8, 4) is 0 Å². The molecule has 0 spiro atoms. The van der Waals surface area contributed by atoms with Gasteiger partial charge in [-0.15, -0.1) is 11.8 Å². The van der Waals surface area contributed by atoms with Crippen molar-refractivity contribution < 1.29 is 14.5 Å². The molecule has 7 heteroatoms. The normalized spacial score (nSPS) is 15.7. The highest BCUT2D eigenvalue weighted by atomic mass is 35.5. The molecular formula is C13H14ClNO4S. The van der Waals surface area contributed by atoms with Crippen LogP contribution in [-0.4, -0.2) is 23.8 Å². The maximum Gasteiger partial charge on any atom is 0.306 e. The van der Waals surface area contributed by atoms with Gasteiger partial charge in [0, 0.05) is 22.8 Å². The Morgan fingerprint density at radius 3 is 2.75 bits per heavy atom. The zero-order valence-corrected chi connectivity index (χ0v) is 12.5. The summed E-state index contributed by atoms with van der Waals surface area (Å²) >= 11 is 7.57. The van der Waals surface area contributed by atoms with E-state index in [-0.39, 0.29) is 17.1 Å². The second-order valence-corrected chi connectivity index (χ2v) is 6.34. The SMILES string of the molecule is COC(=O)CC1(CSc2ccc([N+](=O)[O-])cc2Cl)CC1. The van der Waals surface area contributed by atoms with Crippen LogP contribution in [0.2, 0.25) is 5.02 Å². The summed E-state index contributed by atoms with van der Waals surface area (Å²) < 4.78 is 4.69. The third kappa shape index (κ3) is 3.64. The van der Waals surface area contributed by atoms with Crippen molar-refractivity contribution in [2.45, 2.75) is 24.2 Å². The summed E-state index contributed by atoms with van der Waals surface area (Å²) in [4.78, 5) is 22.3. The van der Waals surface area contributed by atoms with Gasteiger partial charge in [0.15, 0.2) is 0 Å². The number of rotatable bonds is 6. The molecule has 5 nitrogen and oxygen atoms in total. The lowest BCUT2D eigenvalue weighted by Gasteiger charge is -2.13. The fourth-order valence-corrected chi connectivity index (χ4v) is 3.43. The lowest BCUT2D eigenvalue weighted by Crippen LogP contribution is -2.13. The third-order valence-corrected chi connectivity index (χ3v) is 5.21. The number of carbonyl (C=O) groups excluding carboxylic acids is 1. The molecule has 1 aromatic rings. The molecule has 2 rings (SSSR count). The Balaban J connectivity index is 1.98. The number of non-ortho nitro benzene ring substituents is 1. The van der Waals surface area contributed by atoms with Gasteiger partial charge in [0.05, 0.1) is 23.5 Å². The number of esters is 1. The molecule has 1 saturated carbocycles. The Hall–Kier alpha value is -1.27. The van der Waals surface area contributed by atoms with Gasteiger partial charge in [0.1, 0.15) is 0 Å². The number of methoxy groups -OCH3 is 1. The average molecular weight is 316 g/mol. The van der Waals surface area contributed by atoms with Crippen LogP contribution in [-0.2, 0) is 9.53 Å². The van der Waals surface area contributed by atoms with Crippen molar-refractivity contribution in [1.29, 1.82) is 0 Å². The topological polar surface area (TPSA) is 69.4 Å². The Morgan fingerprint density at radius 2 is 2.25 bits per heavy atom. The van der Waals surface area contributed by atoms with Crippen LogP contribution in [0.5, 0.6) is 0 Å². The second-order valence-electron chi connectivity index (χ2n) is 4.91. The van der Waals surface area contributed by atoms with E-state index in [4.69, 9.17) is 16.3 Å². The molecular weight excluding hydrogens is 302 g/mol. The minimum Gasteiger partial charge on any atom is -0.469 e. The summed E-state index contributed by atoms with van der Waals surface area (Å²) in [6.45, 7) is 0. The molecule has 0 amide bonds. The molecule has 0 aromatic heterocycles. The van der Waals surface area contributed by atoms with Crippen molar-refractivity contribution >= 4 is 35.0 Å². The predicted molar refractivity (Wildman–Crippen MR) is 77.1 cm³/mol. The molecule has 0 N–H and O–H groups in total. The lowest BCUT2D eigenvalue weighted by atomic mass is 10.1. The molecule has 0 unspecified atom stereocenters. The van der Waals surface area contributed by atoms with E-state index in [9.17, 15) is 14.9 Å². The van der Waals surface area contributed by atoms with Crippen LogP contribution in [0.4, 0.5) is 5.69 Å². The van der Waals surface area contributed by atoms with Gasteiger partial charge in [-0.1, -0.05) is 11.6 Å². The molecule has 0 bridgehead atoms. The first-order valence-corrected chi connectivity index (χ1v) is 7.46. The van der Waals surface area contributed by atoms with E-state index in [1.165, 1.54) is 31.0 Å². The fraction of sp³-hybridized carbons (Fsp3) is 0.462. The maximum absolute atomic E-state index is 11.3. The number of carbonyl (C=O) groups is 1. The number of nitro benzene ring substituents is 1. The first kappa shape index (κ1) is 15.1. The lowest BCUT2D eigenvalue weighted by molar-refractivity contribution is -0.384. The zero-order valence-electron chi connectivity index (χ0n) is 10.9.